The number of pyridine rings is 1. The third-order valence-corrected chi connectivity index (χ3v) is 6.43. The van der Waals surface area contributed by atoms with E-state index >= 15 is 0 Å². The highest BCUT2D eigenvalue weighted by molar-refractivity contribution is 6.31. The summed E-state index contributed by atoms with van der Waals surface area (Å²) in [6, 6.07) is 12.0. The quantitative estimate of drug-likeness (QED) is 0.484. The number of fused-ring (bicyclic) bond motifs is 3. The first kappa shape index (κ1) is 22.6. The Morgan fingerprint density at radius 2 is 2.03 bits per heavy atom. The smallest absolute Gasteiger partial charge is 0.277 e. The molecule has 1 aliphatic rings. The van der Waals surface area contributed by atoms with Crippen molar-refractivity contribution in [3.8, 4) is 0 Å². The molecule has 0 bridgehead atoms. The summed E-state index contributed by atoms with van der Waals surface area (Å²) >= 11 is 6.44. The lowest BCUT2D eigenvalue weighted by molar-refractivity contribution is 0.495. The van der Waals surface area contributed by atoms with Crippen LogP contribution in [0.2, 0.25) is 5.02 Å². The van der Waals surface area contributed by atoms with Crippen molar-refractivity contribution in [2.45, 2.75) is 25.4 Å². The van der Waals surface area contributed by atoms with Crippen LogP contribution in [-0.2, 0) is 13.6 Å². The number of nitrogens with zero attached hydrogens (tertiary/aromatic N) is 4. The normalized spacial score (nSPS) is 16.5. The number of rotatable bonds is 3. The van der Waals surface area contributed by atoms with Crippen LogP contribution in [0, 0.1) is 5.82 Å². The lowest BCUT2D eigenvalue weighted by Crippen LogP contribution is -2.44. The third kappa shape index (κ3) is 3.74. The fraction of sp³-hybridized carbons (Fsp3) is 0.304. The second-order valence-electron chi connectivity index (χ2n) is 8.16. The van der Waals surface area contributed by atoms with Crippen LogP contribution in [0.5, 0.6) is 0 Å². The second kappa shape index (κ2) is 8.73. The molecule has 2 N–H and O–H groups in total. The van der Waals surface area contributed by atoms with Gasteiger partial charge in [-0.15, -0.1) is 12.4 Å². The fourth-order valence-electron chi connectivity index (χ4n) is 4.48. The zero-order chi connectivity index (χ0) is 21.7. The molecular formula is C23H24Cl2FN5O. The molecule has 0 amide bonds. The SMILES string of the molecule is Cl.Cn1c(=O)c2c(nc(N3CCC[C@@H](N)C3)n2Cc2ccccc2Cl)c2cc(F)ccc21. The van der Waals surface area contributed by atoms with Gasteiger partial charge in [0.1, 0.15) is 16.9 Å². The number of piperidine rings is 1. The Balaban J connectivity index is 0.00000245. The molecular weight excluding hydrogens is 452 g/mol. The third-order valence-electron chi connectivity index (χ3n) is 6.06. The Bertz CT molecular complexity index is 1370. The zero-order valence-electron chi connectivity index (χ0n) is 17.6. The molecule has 6 nitrogen and oxygen atoms in total. The molecule has 32 heavy (non-hydrogen) atoms. The fourth-order valence-corrected chi connectivity index (χ4v) is 4.68. The minimum absolute atomic E-state index is 0. The standard InChI is InChI=1S/C23H23ClFN5O.ClH/c1-28-19-9-8-15(25)11-17(19)20-21(22(28)31)30(12-14-5-2-3-7-18(14)24)23(27-20)29-10-4-6-16(26)13-29;/h2-3,5,7-9,11,16H,4,6,10,12-13,26H2,1H3;1H/t16-;/m1./s1. The molecule has 2 aromatic heterocycles. The highest BCUT2D eigenvalue weighted by Crippen LogP contribution is 2.30. The minimum Gasteiger partial charge on any atom is -0.341 e. The molecule has 0 radical (unpaired) electrons. The molecule has 9 heteroatoms. The van der Waals surface area contributed by atoms with Gasteiger partial charge in [0.05, 0.1) is 12.1 Å². The maximum absolute atomic E-state index is 14.1. The van der Waals surface area contributed by atoms with Crippen LogP contribution < -0.4 is 16.2 Å². The Hall–Kier alpha value is -2.61. The largest absolute Gasteiger partial charge is 0.341 e. The number of nitrogens with two attached hydrogens (primary N) is 1. The summed E-state index contributed by atoms with van der Waals surface area (Å²) in [7, 11) is 1.70. The summed E-state index contributed by atoms with van der Waals surface area (Å²) in [5.74, 6) is 0.300. The van der Waals surface area contributed by atoms with Crippen LogP contribution in [0.4, 0.5) is 10.3 Å². The molecule has 4 aromatic rings. The highest BCUT2D eigenvalue weighted by atomic mass is 35.5. The van der Waals surface area contributed by atoms with Crippen molar-refractivity contribution in [1.82, 2.24) is 14.1 Å². The van der Waals surface area contributed by atoms with Gasteiger partial charge in [-0.05, 0) is 42.7 Å². The number of imidazole rings is 1. The van der Waals surface area contributed by atoms with Crippen molar-refractivity contribution >= 4 is 51.9 Å². The summed E-state index contributed by atoms with van der Waals surface area (Å²) < 4.78 is 17.6. The van der Waals surface area contributed by atoms with E-state index in [0.717, 1.165) is 24.9 Å². The number of hydrogen-bond donors (Lipinski definition) is 1. The minimum atomic E-state index is -0.366. The molecule has 1 atom stereocenters. The van der Waals surface area contributed by atoms with Crippen LogP contribution in [0.1, 0.15) is 18.4 Å². The van der Waals surface area contributed by atoms with Crippen molar-refractivity contribution < 1.29 is 4.39 Å². The van der Waals surface area contributed by atoms with Gasteiger partial charge in [-0.1, -0.05) is 29.8 Å². The molecule has 1 fully saturated rings. The molecule has 3 heterocycles. The molecule has 1 aliphatic heterocycles. The second-order valence-corrected chi connectivity index (χ2v) is 8.57. The monoisotopic (exact) mass is 475 g/mol. The van der Waals surface area contributed by atoms with Crippen molar-refractivity contribution in [2.75, 3.05) is 18.0 Å². The highest BCUT2D eigenvalue weighted by Gasteiger charge is 2.26. The maximum atomic E-state index is 14.1. The van der Waals surface area contributed by atoms with Crippen LogP contribution in [0.15, 0.2) is 47.3 Å². The number of aromatic nitrogens is 3. The van der Waals surface area contributed by atoms with Gasteiger partial charge in [0.2, 0.25) is 5.95 Å². The predicted octanol–water partition coefficient (Wildman–Crippen LogP) is 4.08. The Labute approximate surface area is 195 Å². The summed E-state index contributed by atoms with van der Waals surface area (Å²) in [4.78, 5) is 20.4. The van der Waals surface area contributed by atoms with Crippen molar-refractivity contribution in [3.63, 3.8) is 0 Å². The van der Waals surface area contributed by atoms with Gasteiger partial charge in [-0.2, -0.15) is 0 Å². The number of benzene rings is 2. The van der Waals surface area contributed by atoms with E-state index in [4.69, 9.17) is 22.3 Å². The molecule has 1 saturated heterocycles. The summed E-state index contributed by atoms with van der Waals surface area (Å²) in [5, 5.41) is 1.23. The summed E-state index contributed by atoms with van der Waals surface area (Å²) in [6.07, 6.45) is 1.90. The number of anilines is 1. The van der Waals surface area contributed by atoms with E-state index < -0.39 is 0 Å². The molecule has 0 unspecified atom stereocenters. The molecule has 0 aliphatic carbocycles. The van der Waals surface area contributed by atoms with Crippen LogP contribution in [0.3, 0.4) is 0 Å². The van der Waals surface area contributed by atoms with E-state index in [1.54, 1.807) is 17.7 Å². The first-order valence-electron chi connectivity index (χ1n) is 10.4. The van der Waals surface area contributed by atoms with Crippen LogP contribution in [-0.4, -0.2) is 33.2 Å². The van der Waals surface area contributed by atoms with E-state index in [2.05, 4.69) is 4.90 Å². The van der Waals surface area contributed by atoms with Crippen molar-refractivity contribution in [2.24, 2.45) is 12.8 Å². The van der Waals surface area contributed by atoms with Crippen LogP contribution in [0.25, 0.3) is 21.9 Å². The lowest BCUT2D eigenvalue weighted by Gasteiger charge is -2.32. The average molecular weight is 476 g/mol. The molecule has 168 valence electrons. The van der Waals surface area contributed by atoms with E-state index in [1.165, 1.54) is 12.1 Å². The molecule has 0 spiro atoms. The number of halogens is 3. The van der Waals surface area contributed by atoms with Gasteiger partial charge in [0, 0.05) is 36.6 Å². The summed E-state index contributed by atoms with van der Waals surface area (Å²) in [6.45, 7) is 1.83. The lowest BCUT2D eigenvalue weighted by atomic mass is 10.1. The maximum Gasteiger partial charge on any atom is 0.277 e. The van der Waals surface area contributed by atoms with Gasteiger partial charge in [-0.3, -0.25) is 4.79 Å². The molecule has 2 aromatic carbocycles. The predicted molar refractivity (Wildman–Crippen MR) is 130 cm³/mol. The summed E-state index contributed by atoms with van der Waals surface area (Å²) in [5.41, 5.74) is 8.52. The van der Waals surface area contributed by atoms with Crippen molar-refractivity contribution in [1.29, 1.82) is 0 Å². The van der Waals surface area contributed by atoms with Crippen molar-refractivity contribution in [3.05, 3.63) is 69.2 Å². The molecule has 0 saturated carbocycles. The van der Waals surface area contributed by atoms with Gasteiger partial charge >= 0.3 is 0 Å². The Morgan fingerprint density at radius 3 is 2.78 bits per heavy atom. The Morgan fingerprint density at radius 1 is 1.25 bits per heavy atom. The number of aryl methyl sites for hydroxylation is 1. The van der Waals surface area contributed by atoms with Gasteiger partial charge in [0.25, 0.3) is 5.56 Å². The van der Waals surface area contributed by atoms with Gasteiger partial charge < -0.3 is 19.8 Å². The number of hydrogen-bond acceptors (Lipinski definition) is 4. The van der Waals surface area contributed by atoms with E-state index in [1.807, 2.05) is 28.8 Å². The van der Waals surface area contributed by atoms with E-state index in [0.29, 0.717) is 46.0 Å². The first-order valence-corrected chi connectivity index (χ1v) is 10.7. The van der Waals surface area contributed by atoms with E-state index in [-0.39, 0.29) is 29.8 Å². The van der Waals surface area contributed by atoms with E-state index in [9.17, 15) is 9.18 Å². The average Bonchev–Trinajstić information content (AvgIpc) is 3.13. The van der Waals surface area contributed by atoms with Crippen LogP contribution >= 0.6 is 24.0 Å². The topological polar surface area (TPSA) is 69.1 Å². The first-order chi connectivity index (χ1) is 14.9. The van der Waals surface area contributed by atoms with Gasteiger partial charge in [0.15, 0.2) is 0 Å². The zero-order valence-corrected chi connectivity index (χ0v) is 19.2. The Kier molecular flexibility index (Phi) is 6.16. The van der Waals surface area contributed by atoms with Gasteiger partial charge in [-0.25, -0.2) is 9.37 Å². The molecule has 5 rings (SSSR count).